The van der Waals surface area contributed by atoms with Gasteiger partial charge in [0.2, 0.25) is 5.95 Å². The highest BCUT2D eigenvalue weighted by Gasteiger charge is 2.33. The number of hydrogen-bond acceptors (Lipinski definition) is 6. The van der Waals surface area contributed by atoms with Crippen molar-refractivity contribution in [1.29, 1.82) is 0 Å². The molecule has 0 atom stereocenters. The van der Waals surface area contributed by atoms with E-state index >= 15 is 0 Å². The van der Waals surface area contributed by atoms with Gasteiger partial charge in [-0.3, -0.25) is 9.59 Å². The summed E-state index contributed by atoms with van der Waals surface area (Å²) in [6, 6.07) is 7.92. The smallest absolute Gasteiger partial charge is 0.382 e. The second-order valence-electron chi connectivity index (χ2n) is 7.16. The number of rotatable bonds is 5. The number of nitrogen functional groups attached to an aromatic ring is 1. The maximum absolute atomic E-state index is 13.1. The molecule has 0 radical (unpaired) electrons. The Morgan fingerprint density at radius 1 is 1.00 bits per heavy atom. The van der Waals surface area contributed by atoms with Crippen LogP contribution in [0.1, 0.15) is 37.4 Å². The van der Waals surface area contributed by atoms with Crippen molar-refractivity contribution >= 4 is 35.0 Å². The topological polar surface area (TPSA) is 122 Å². The van der Waals surface area contributed by atoms with E-state index in [4.69, 9.17) is 5.73 Å². The zero-order chi connectivity index (χ0) is 24.3. The summed E-state index contributed by atoms with van der Waals surface area (Å²) in [6.07, 6.45) is -3.20. The van der Waals surface area contributed by atoms with Crippen molar-refractivity contribution in [3.8, 4) is 0 Å². The molecule has 2 aromatic carbocycles. The predicted molar refractivity (Wildman–Crippen MR) is 119 cm³/mol. The molecule has 0 fully saturated rings. The Morgan fingerprint density at radius 2 is 1.70 bits per heavy atom. The molecule has 0 saturated carbocycles. The normalized spacial score (nSPS) is 11.1. The first-order valence-corrected chi connectivity index (χ1v) is 9.71. The van der Waals surface area contributed by atoms with Gasteiger partial charge in [0.25, 0.3) is 11.8 Å². The highest BCUT2D eigenvalue weighted by atomic mass is 19.4. The van der Waals surface area contributed by atoms with E-state index < -0.39 is 23.6 Å². The third kappa shape index (κ3) is 5.20. The number of nitrogens with two attached hydrogens (primary N) is 1. The molecule has 2 amide bonds. The molecule has 33 heavy (non-hydrogen) atoms. The molecule has 0 aliphatic heterocycles. The fourth-order valence-electron chi connectivity index (χ4n) is 3.08. The number of anilines is 4. The minimum atomic E-state index is -4.54. The van der Waals surface area contributed by atoms with Crippen molar-refractivity contribution in [2.24, 2.45) is 0 Å². The van der Waals surface area contributed by atoms with Gasteiger partial charge in [-0.2, -0.15) is 18.2 Å². The molecule has 0 saturated heterocycles. The maximum Gasteiger partial charge on any atom is 0.416 e. The van der Waals surface area contributed by atoms with Crippen molar-refractivity contribution < 1.29 is 22.8 Å². The highest BCUT2D eigenvalue weighted by Crippen LogP contribution is 2.34. The fourth-order valence-corrected chi connectivity index (χ4v) is 3.08. The highest BCUT2D eigenvalue weighted by molar-refractivity contribution is 6.10. The first-order valence-electron chi connectivity index (χ1n) is 9.71. The van der Waals surface area contributed by atoms with E-state index in [2.05, 4.69) is 25.9 Å². The molecule has 0 aliphatic carbocycles. The number of amides is 2. The first-order chi connectivity index (χ1) is 15.5. The van der Waals surface area contributed by atoms with Crippen LogP contribution in [0.5, 0.6) is 0 Å². The third-order valence-electron chi connectivity index (χ3n) is 4.92. The Morgan fingerprint density at radius 3 is 2.33 bits per heavy atom. The Hall–Kier alpha value is -4.15. The van der Waals surface area contributed by atoms with Crippen LogP contribution in [0.3, 0.4) is 0 Å². The Labute approximate surface area is 187 Å². The second kappa shape index (κ2) is 9.15. The summed E-state index contributed by atoms with van der Waals surface area (Å²) in [5, 5.41) is 7.80. The van der Waals surface area contributed by atoms with Crippen molar-refractivity contribution in [3.05, 3.63) is 70.4 Å². The van der Waals surface area contributed by atoms with Gasteiger partial charge in [-0.25, -0.2) is 4.98 Å². The van der Waals surface area contributed by atoms with Crippen LogP contribution in [0.4, 0.5) is 36.3 Å². The van der Waals surface area contributed by atoms with Crippen LogP contribution in [0, 0.1) is 13.8 Å². The Kier molecular flexibility index (Phi) is 6.52. The van der Waals surface area contributed by atoms with Crippen LogP contribution < -0.4 is 21.7 Å². The van der Waals surface area contributed by atoms with E-state index in [0.717, 1.165) is 6.07 Å². The lowest BCUT2D eigenvalue weighted by atomic mass is 10.0. The summed E-state index contributed by atoms with van der Waals surface area (Å²) in [5.74, 6) is -0.878. The first kappa shape index (κ1) is 23.5. The maximum atomic E-state index is 13.1. The zero-order valence-corrected chi connectivity index (χ0v) is 18.0. The number of nitrogens with zero attached hydrogens (tertiary/aromatic N) is 2. The van der Waals surface area contributed by atoms with Gasteiger partial charge in [0.05, 0.1) is 11.8 Å². The molecule has 0 aliphatic rings. The minimum absolute atomic E-state index is 0.0240. The van der Waals surface area contributed by atoms with Crippen LogP contribution in [0.15, 0.2) is 42.6 Å². The van der Waals surface area contributed by atoms with Crippen molar-refractivity contribution in [3.63, 3.8) is 0 Å². The number of benzene rings is 2. The standard InChI is InChI=1S/C22H21F3N6O2/c1-11-7-8-13(19(32)29-16-6-4-5-15(12(16)2)22(23,24)25)9-14(11)20(33)30-17-10-28-21(27-3)31-18(17)26/h4-10H,1-3H3,(H,29,32)(H,30,33)(H3,26,27,28,31). The van der Waals surface area contributed by atoms with Gasteiger partial charge in [-0.15, -0.1) is 0 Å². The van der Waals surface area contributed by atoms with E-state index in [-0.39, 0.29) is 39.8 Å². The van der Waals surface area contributed by atoms with Gasteiger partial charge in [0, 0.05) is 23.9 Å². The second-order valence-corrected chi connectivity index (χ2v) is 7.16. The van der Waals surface area contributed by atoms with Gasteiger partial charge < -0.3 is 21.7 Å². The number of nitrogens with one attached hydrogen (secondary N) is 3. The summed E-state index contributed by atoms with van der Waals surface area (Å²) in [7, 11) is 1.62. The van der Waals surface area contributed by atoms with Crippen LogP contribution in [0.25, 0.3) is 0 Å². The molecule has 3 rings (SSSR count). The van der Waals surface area contributed by atoms with Crippen LogP contribution in [-0.2, 0) is 6.18 Å². The average Bonchev–Trinajstić information content (AvgIpc) is 2.75. The molecular weight excluding hydrogens is 437 g/mol. The molecule has 0 bridgehead atoms. The molecule has 8 nitrogen and oxygen atoms in total. The Balaban J connectivity index is 1.84. The fraction of sp³-hybridized carbons (Fsp3) is 0.182. The van der Waals surface area contributed by atoms with Crippen LogP contribution in [-0.4, -0.2) is 28.8 Å². The number of hydrogen-bond donors (Lipinski definition) is 4. The number of aryl methyl sites for hydroxylation is 1. The van der Waals surface area contributed by atoms with E-state index in [1.165, 1.54) is 37.4 Å². The Bertz CT molecular complexity index is 1230. The number of carbonyl (C=O) groups excluding carboxylic acids is 2. The molecule has 1 heterocycles. The number of aromatic nitrogens is 2. The third-order valence-corrected chi connectivity index (χ3v) is 4.92. The quantitative estimate of drug-likeness (QED) is 0.454. The summed E-state index contributed by atoms with van der Waals surface area (Å²) in [5.41, 5.74) is 5.95. The van der Waals surface area contributed by atoms with Gasteiger partial charge in [-0.05, 0) is 49.2 Å². The molecule has 0 unspecified atom stereocenters. The summed E-state index contributed by atoms with van der Waals surface area (Å²) < 4.78 is 39.4. The largest absolute Gasteiger partial charge is 0.416 e. The van der Waals surface area contributed by atoms with Gasteiger partial charge >= 0.3 is 6.18 Å². The average molecular weight is 458 g/mol. The minimum Gasteiger partial charge on any atom is -0.382 e. The van der Waals surface area contributed by atoms with Gasteiger partial charge in [0.15, 0.2) is 5.82 Å². The lowest BCUT2D eigenvalue weighted by Crippen LogP contribution is -2.18. The van der Waals surface area contributed by atoms with Crippen LogP contribution >= 0.6 is 0 Å². The van der Waals surface area contributed by atoms with Crippen molar-refractivity contribution in [1.82, 2.24) is 9.97 Å². The van der Waals surface area contributed by atoms with Gasteiger partial charge in [0.1, 0.15) is 5.69 Å². The monoisotopic (exact) mass is 458 g/mol. The molecule has 0 spiro atoms. The summed E-state index contributed by atoms with van der Waals surface area (Å²) in [6.45, 7) is 2.95. The van der Waals surface area contributed by atoms with Crippen molar-refractivity contribution in [2.45, 2.75) is 20.0 Å². The lowest BCUT2D eigenvalue weighted by molar-refractivity contribution is -0.138. The van der Waals surface area contributed by atoms with E-state index in [1.54, 1.807) is 20.0 Å². The molecule has 5 N–H and O–H groups in total. The molecular formula is C22H21F3N6O2. The lowest BCUT2D eigenvalue weighted by Gasteiger charge is -2.15. The van der Waals surface area contributed by atoms with E-state index in [0.29, 0.717) is 5.56 Å². The SMILES string of the molecule is CNc1ncc(NC(=O)c2cc(C(=O)Nc3cccc(C(F)(F)F)c3C)ccc2C)c(N)n1. The molecule has 11 heteroatoms. The summed E-state index contributed by atoms with van der Waals surface area (Å²) >= 11 is 0. The summed E-state index contributed by atoms with van der Waals surface area (Å²) in [4.78, 5) is 33.5. The van der Waals surface area contributed by atoms with Crippen molar-refractivity contribution in [2.75, 3.05) is 28.7 Å². The number of halogens is 3. The molecule has 172 valence electrons. The predicted octanol–water partition coefficient (Wildman–Crippen LogP) is 4.24. The number of alkyl halides is 3. The van der Waals surface area contributed by atoms with E-state index in [9.17, 15) is 22.8 Å². The number of carbonyl (C=O) groups is 2. The van der Waals surface area contributed by atoms with Gasteiger partial charge in [-0.1, -0.05) is 12.1 Å². The zero-order valence-electron chi connectivity index (χ0n) is 18.0. The molecule has 3 aromatic rings. The molecule has 1 aromatic heterocycles. The van der Waals surface area contributed by atoms with E-state index in [1.807, 2.05) is 0 Å². The van der Waals surface area contributed by atoms with Crippen LogP contribution in [0.2, 0.25) is 0 Å².